The van der Waals surface area contributed by atoms with Gasteiger partial charge in [-0.15, -0.1) is 0 Å². The van der Waals surface area contributed by atoms with Crippen molar-refractivity contribution in [2.75, 3.05) is 12.4 Å². The van der Waals surface area contributed by atoms with Crippen LogP contribution in [0, 0.1) is 15.9 Å². The summed E-state index contributed by atoms with van der Waals surface area (Å²) in [4.78, 5) is 50.1. The summed E-state index contributed by atoms with van der Waals surface area (Å²) in [6.07, 6.45) is 0.896. The highest BCUT2D eigenvalue weighted by Crippen LogP contribution is 2.29. The van der Waals surface area contributed by atoms with E-state index in [-0.39, 0.29) is 17.0 Å². The molecule has 30 heavy (non-hydrogen) atoms. The van der Waals surface area contributed by atoms with Gasteiger partial charge < -0.3 is 15.0 Å². The van der Waals surface area contributed by atoms with Crippen molar-refractivity contribution in [3.05, 3.63) is 96.6 Å². The highest BCUT2D eigenvalue weighted by Gasteiger charge is 2.21. The van der Waals surface area contributed by atoms with E-state index in [1.54, 1.807) is 0 Å². The second kappa shape index (κ2) is 8.39. The smallest absolute Gasteiger partial charge is 0.328 e. The Kier molecular flexibility index (Phi) is 5.72. The van der Waals surface area contributed by atoms with E-state index >= 15 is 0 Å². The molecule has 3 aromatic rings. The molecular formula is C19H15FN4O6. The number of carbonyl (C=O) groups excluding carboxylic acids is 1. The number of nitro groups is 1. The number of nitrogens with one attached hydrogen (secondary N) is 2. The molecule has 11 heteroatoms. The summed E-state index contributed by atoms with van der Waals surface area (Å²) in [5.41, 5.74) is -2.83. The Labute approximate surface area is 167 Å². The largest absolute Gasteiger partial charge is 0.496 e. The topological polar surface area (TPSA) is 136 Å². The summed E-state index contributed by atoms with van der Waals surface area (Å²) in [7, 11) is 1.33. The lowest BCUT2D eigenvalue weighted by molar-refractivity contribution is -0.384. The Morgan fingerprint density at radius 2 is 2.00 bits per heavy atom. The number of carbonyl (C=O) groups is 1. The third-order valence-corrected chi connectivity index (χ3v) is 4.24. The Hall–Kier alpha value is -4.28. The SMILES string of the molecule is COc1ccc(NC(=O)c2c[nH]c(=O)n(Cc3ccccc3F)c2=O)c([N+](=O)[O-])c1. The second-order valence-corrected chi connectivity index (χ2v) is 6.08. The van der Waals surface area contributed by atoms with Gasteiger partial charge in [0.25, 0.3) is 17.2 Å². The lowest BCUT2D eigenvalue weighted by Crippen LogP contribution is -2.39. The number of amides is 1. The van der Waals surface area contributed by atoms with Gasteiger partial charge in [0, 0.05) is 11.8 Å². The third kappa shape index (κ3) is 4.09. The van der Waals surface area contributed by atoms with Crippen LogP contribution < -0.4 is 21.3 Å². The van der Waals surface area contributed by atoms with Gasteiger partial charge in [0.05, 0.1) is 24.6 Å². The van der Waals surface area contributed by atoms with Crippen molar-refractivity contribution < 1.29 is 18.8 Å². The van der Waals surface area contributed by atoms with Crippen LogP contribution in [0.4, 0.5) is 15.8 Å². The summed E-state index contributed by atoms with van der Waals surface area (Å²) in [6, 6.07) is 9.32. The number of anilines is 1. The predicted molar refractivity (Wildman–Crippen MR) is 104 cm³/mol. The maximum absolute atomic E-state index is 13.9. The fraction of sp³-hybridized carbons (Fsp3) is 0.105. The monoisotopic (exact) mass is 414 g/mol. The Morgan fingerprint density at radius 3 is 2.67 bits per heavy atom. The number of rotatable bonds is 6. The molecule has 0 spiro atoms. The van der Waals surface area contributed by atoms with E-state index in [4.69, 9.17) is 4.74 Å². The van der Waals surface area contributed by atoms with Gasteiger partial charge in [0.15, 0.2) is 0 Å². The van der Waals surface area contributed by atoms with Gasteiger partial charge in [0.2, 0.25) is 0 Å². The standard InChI is InChI=1S/C19H15FN4O6/c1-30-12-6-7-15(16(8-12)24(28)29)22-17(25)13-9-21-19(27)23(18(13)26)10-11-4-2-3-5-14(11)20/h2-9H,10H2,1H3,(H,21,27)(H,22,25). The molecule has 0 aliphatic carbocycles. The van der Waals surface area contributed by atoms with Crippen molar-refractivity contribution in [2.24, 2.45) is 0 Å². The van der Waals surface area contributed by atoms with E-state index < -0.39 is 45.7 Å². The average Bonchev–Trinajstić information content (AvgIpc) is 2.72. The molecule has 3 rings (SSSR count). The van der Waals surface area contributed by atoms with Gasteiger partial charge in [-0.2, -0.15) is 0 Å². The number of methoxy groups -OCH3 is 1. The molecule has 0 radical (unpaired) electrons. The number of hydrogen-bond acceptors (Lipinski definition) is 6. The van der Waals surface area contributed by atoms with E-state index in [9.17, 15) is 28.9 Å². The van der Waals surface area contributed by atoms with E-state index in [0.717, 1.165) is 12.3 Å². The fourth-order valence-electron chi connectivity index (χ4n) is 2.70. The Morgan fingerprint density at radius 1 is 1.27 bits per heavy atom. The molecule has 2 N–H and O–H groups in total. The molecule has 0 saturated carbocycles. The molecule has 2 aromatic carbocycles. The molecular weight excluding hydrogens is 399 g/mol. The molecule has 1 aromatic heterocycles. The van der Waals surface area contributed by atoms with E-state index in [1.807, 2.05) is 0 Å². The zero-order chi connectivity index (χ0) is 21.8. The molecule has 1 heterocycles. The lowest BCUT2D eigenvalue weighted by Gasteiger charge is -2.09. The molecule has 0 aliphatic rings. The minimum absolute atomic E-state index is 0.0773. The Balaban J connectivity index is 1.97. The van der Waals surface area contributed by atoms with Crippen LogP contribution in [0.25, 0.3) is 0 Å². The highest BCUT2D eigenvalue weighted by molar-refractivity contribution is 6.05. The van der Waals surface area contributed by atoms with Crippen molar-refractivity contribution in [3.8, 4) is 5.75 Å². The van der Waals surface area contributed by atoms with Crippen LogP contribution in [0.15, 0.2) is 58.3 Å². The first kappa shape index (κ1) is 20.5. The molecule has 0 bridgehead atoms. The number of nitrogens with zero attached hydrogens (tertiary/aromatic N) is 2. The molecule has 10 nitrogen and oxygen atoms in total. The number of benzene rings is 2. The van der Waals surface area contributed by atoms with Gasteiger partial charge in [-0.3, -0.25) is 24.3 Å². The summed E-state index contributed by atoms with van der Waals surface area (Å²) < 4.78 is 19.5. The van der Waals surface area contributed by atoms with Crippen LogP contribution in [0.5, 0.6) is 5.75 Å². The number of nitro benzene ring substituents is 1. The molecule has 0 atom stereocenters. The van der Waals surface area contributed by atoms with Gasteiger partial charge in [-0.25, -0.2) is 9.18 Å². The van der Waals surface area contributed by atoms with Crippen molar-refractivity contribution >= 4 is 17.3 Å². The first-order valence-corrected chi connectivity index (χ1v) is 8.51. The number of H-pyrrole nitrogens is 1. The van der Waals surface area contributed by atoms with Gasteiger partial charge >= 0.3 is 5.69 Å². The summed E-state index contributed by atoms with van der Waals surface area (Å²) in [6.45, 7) is -0.398. The molecule has 0 fully saturated rings. The number of ether oxygens (including phenoxy) is 1. The minimum Gasteiger partial charge on any atom is -0.496 e. The number of aromatic amines is 1. The lowest BCUT2D eigenvalue weighted by atomic mass is 10.2. The fourth-order valence-corrected chi connectivity index (χ4v) is 2.70. The van der Waals surface area contributed by atoms with Crippen molar-refractivity contribution in [2.45, 2.75) is 6.54 Å². The zero-order valence-corrected chi connectivity index (χ0v) is 15.5. The Bertz CT molecular complexity index is 1250. The summed E-state index contributed by atoms with van der Waals surface area (Å²) in [5, 5.41) is 13.5. The first-order valence-electron chi connectivity index (χ1n) is 8.51. The van der Waals surface area contributed by atoms with Crippen LogP contribution in [0.2, 0.25) is 0 Å². The van der Waals surface area contributed by atoms with Crippen molar-refractivity contribution in [3.63, 3.8) is 0 Å². The van der Waals surface area contributed by atoms with E-state index in [2.05, 4.69) is 10.3 Å². The molecule has 154 valence electrons. The van der Waals surface area contributed by atoms with Crippen LogP contribution in [0.1, 0.15) is 15.9 Å². The van der Waals surface area contributed by atoms with Gasteiger partial charge in [-0.05, 0) is 18.2 Å². The quantitative estimate of drug-likeness (QED) is 0.467. The molecule has 1 amide bonds. The maximum Gasteiger partial charge on any atom is 0.328 e. The van der Waals surface area contributed by atoms with Crippen LogP contribution >= 0.6 is 0 Å². The van der Waals surface area contributed by atoms with Crippen LogP contribution in [-0.2, 0) is 6.54 Å². The van der Waals surface area contributed by atoms with Crippen LogP contribution in [-0.4, -0.2) is 27.5 Å². The van der Waals surface area contributed by atoms with Crippen molar-refractivity contribution in [1.82, 2.24) is 9.55 Å². The maximum atomic E-state index is 13.9. The second-order valence-electron chi connectivity index (χ2n) is 6.08. The van der Waals surface area contributed by atoms with Crippen LogP contribution in [0.3, 0.4) is 0 Å². The van der Waals surface area contributed by atoms with E-state index in [0.29, 0.717) is 4.57 Å². The molecule has 0 unspecified atom stereocenters. The van der Waals surface area contributed by atoms with E-state index in [1.165, 1.54) is 43.5 Å². The number of halogens is 1. The zero-order valence-electron chi connectivity index (χ0n) is 15.5. The van der Waals surface area contributed by atoms with Crippen molar-refractivity contribution in [1.29, 1.82) is 0 Å². The average molecular weight is 414 g/mol. The first-order chi connectivity index (χ1) is 14.3. The van der Waals surface area contributed by atoms with Gasteiger partial charge in [-0.1, -0.05) is 18.2 Å². The number of aromatic nitrogens is 2. The predicted octanol–water partition coefficient (Wildman–Crippen LogP) is 1.89. The van der Waals surface area contributed by atoms with Gasteiger partial charge in [0.1, 0.15) is 22.8 Å². The normalized spacial score (nSPS) is 10.5. The summed E-state index contributed by atoms with van der Waals surface area (Å²) >= 11 is 0. The summed E-state index contributed by atoms with van der Waals surface area (Å²) in [5.74, 6) is -1.39. The highest BCUT2D eigenvalue weighted by atomic mass is 19.1. The minimum atomic E-state index is -0.980. The third-order valence-electron chi connectivity index (χ3n) is 4.24. The molecule has 0 saturated heterocycles. The number of hydrogen-bond donors (Lipinski definition) is 2. The molecule has 0 aliphatic heterocycles.